The molecule has 3 aliphatic heterocycles. The molecule has 0 radical (unpaired) electrons. The van der Waals surface area contributed by atoms with Gasteiger partial charge in [-0.1, -0.05) is 6.08 Å². The summed E-state index contributed by atoms with van der Waals surface area (Å²) in [5.41, 5.74) is 0. The van der Waals surface area contributed by atoms with E-state index in [1.807, 2.05) is 0 Å². The van der Waals surface area contributed by atoms with Gasteiger partial charge in [-0.25, -0.2) is 0 Å². The summed E-state index contributed by atoms with van der Waals surface area (Å²) in [7, 11) is 0. The minimum absolute atomic E-state index is 0.562. The van der Waals surface area contributed by atoms with E-state index >= 15 is 0 Å². The Bertz CT molecular complexity index is 192. The molecule has 0 aromatic heterocycles. The van der Waals surface area contributed by atoms with E-state index in [4.69, 9.17) is 0 Å². The molecule has 2 heteroatoms. The molecule has 13 heavy (non-hydrogen) atoms. The van der Waals surface area contributed by atoms with Crippen molar-refractivity contribution in [3.8, 4) is 0 Å². The fraction of sp³-hybridized carbons (Fsp3) is 0.818. The van der Waals surface area contributed by atoms with Crippen molar-refractivity contribution in [2.45, 2.75) is 50.9 Å². The number of hydrogen-bond acceptors (Lipinski definition) is 2. The van der Waals surface area contributed by atoms with Crippen LogP contribution in [0.25, 0.3) is 0 Å². The molecule has 3 atom stereocenters. The fourth-order valence-electron chi connectivity index (χ4n) is 2.91. The van der Waals surface area contributed by atoms with Crippen molar-refractivity contribution in [3.63, 3.8) is 0 Å². The second-order valence-electron chi connectivity index (χ2n) is 4.51. The van der Waals surface area contributed by atoms with Crippen LogP contribution in [0.1, 0.15) is 26.7 Å². The lowest BCUT2D eigenvalue weighted by molar-refractivity contribution is 0.0132. The molecule has 0 unspecified atom stereocenters. The van der Waals surface area contributed by atoms with Crippen LogP contribution < -0.4 is 5.32 Å². The standard InChI is InChI=1S/C11H20N2/c1-4-11-10-6-5-9(7-12-10)13(11)8(2)3/h4,8-12H,1,5-7H2,2-3H3/t9-,10-,11-/m0/s1. The normalized spacial score (nSPS) is 39.8. The highest BCUT2D eigenvalue weighted by atomic mass is 15.3. The van der Waals surface area contributed by atoms with Crippen molar-refractivity contribution in [3.05, 3.63) is 12.7 Å². The summed E-state index contributed by atoms with van der Waals surface area (Å²) in [5, 5.41) is 3.59. The molecule has 1 N–H and O–H groups in total. The average molecular weight is 180 g/mol. The molecule has 74 valence electrons. The van der Waals surface area contributed by atoms with E-state index in [-0.39, 0.29) is 0 Å². The molecule has 0 saturated carbocycles. The Hall–Kier alpha value is -0.340. The van der Waals surface area contributed by atoms with E-state index < -0.39 is 0 Å². The molecule has 3 saturated heterocycles. The number of nitrogens with one attached hydrogen (secondary N) is 1. The first-order chi connectivity index (χ1) is 6.24. The molecule has 3 aliphatic rings. The SMILES string of the molecule is C=C[C@H]1[C@@H]2CC[C@@H](CN2)N1C(C)C. The minimum Gasteiger partial charge on any atom is -0.311 e. The van der Waals surface area contributed by atoms with Gasteiger partial charge in [-0.05, 0) is 26.7 Å². The maximum atomic E-state index is 3.95. The largest absolute Gasteiger partial charge is 0.311 e. The van der Waals surface area contributed by atoms with Crippen LogP contribution in [-0.4, -0.2) is 35.6 Å². The van der Waals surface area contributed by atoms with E-state index in [0.29, 0.717) is 18.1 Å². The van der Waals surface area contributed by atoms with Gasteiger partial charge in [0.25, 0.3) is 0 Å². The zero-order valence-electron chi connectivity index (χ0n) is 8.66. The lowest BCUT2D eigenvalue weighted by Gasteiger charge is -2.52. The molecule has 2 nitrogen and oxygen atoms in total. The monoisotopic (exact) mass is 180 g/mol. The van der Waals surface area contributed by atoms with Gasteiger partial charge in [-0.3, -0.25) is 4.90 Å². The van der Waals surface area contributed by atoms with E-state index in [1.165, 1.54) is 19.4 Å². The summed E-state index contributed by atoms with van der Waals surface area (Å²) in [5.74, 6) is 0. The van der Waals surface area contributed by atoms with Crippen LogP contribution in [-0.2, 0) is 0 Å². The third kappa shape index (κ3) is 1.42. The van der Waals surface area contributed by atoms with E-state index in [1.54, 1.807) is 0 Å². The van der Waals surface area contributed by atoms with Crippen molar-refractivity contribution in [1.82, 2.24) is 10.2 Å². The van der Waals surface area contributed by atoms with Gasteiger partial charge >= 0.3 is 0 Å². The molecule has 3 heterocycles. The van der Waals surface area contributed by atoms with Crippen LogP contribution in [0.3, 0.4) is 0 Å². The van der Waals surface area contributed by atoms with E-state index in [2.05, 4.69) is 36.7 Å². The lowest BCUT2D eigenvalue weighted by Crippen LogP contribution is -2.67. The van der Waals surface area contributed by atoms with Crippen molar-refractivity contribution >= 4 is 0 Å². The molecule has 3 fully saturated rings. The third-order valence-corrected chi connectivity index (χ3v) is 3.44. The summed E-state index contributed by atoms with van der Waals surface area (Å²) >= 11 is 0. The predicted octanol–water partition coefficient (Wildman–Crippen LogP) is 1.39. The number of piperidine rings is 2. The van der Waals surface area contributed by atoms with Gasteiger partial charge < -0.3 is 5.32 Å². The lowest BCUT2D eigenvalue weighted by atomic mass is 9.85. The van der Waals surface area contributed by atoms with Crippen LogP contribution in [0.5, 0.6) is 0 Å². The fourth-order valence-corrected chi connectivity index (χ4v) is 2.91. The van der Waals surface area contributed by atoms with Crippen molar-refractivity contribution in [1.29, 1.82) is 0 Å². The summed E-state index contributed by atoms with van der Waals surface area (Å²) in [4.78, 5) is 2.62. The van der Waals surface area contributed by atoms with Gasteiger partial charge in [0.1, 0.15) is 0 Å². The number of nitrogens with zero attached hydrogens (tertiary/aromatic N) is 1. The molecule has 2 bridgehead atoms. The number of fused-ring (bicyclic) bond motifs is 3. The maximum Gasteiger partial charge on any atom is 0.0435 e. The molecular formula is C11H20N2. The second-order valence-corrected chi connectivity index (χ2v) is 4.51. The first-order valence-electron chi connectivity index (χ1n) is 5.37. The number of piperazine rings is 1. The number of rotatable bonds is 2. The number of hydrogen-bond donors (Lipinski definition) is 1. The Morgan fingerprint density at radius 1 is 1.46 bits per heavy atom. The van der Waals surface area contributed by atoms with Crippen LogP contribution in [0, 0.1) is 0 Å². The summed E-state index contributed by atoms with van der Waals surface area (Å²) < 4.78 is 0. The van der Waals surface area contributed by atoms with Gasteiger partial charge in [0.15, 0.2) is 0 Å². The van der Waals surface area contributed by atoms with Crippen LogP contribution in [0.4, 0.5) is 0 Å². The molecule has 0 amide bonds. The predicted molar refractivity (Wildman–Crippen MR) is 55.8 cm³/mol. The molecule has 0 aromatic rings. The maximum absolute atomic E-state index is 3.95. The van der Waals surface area contributed by atoms with Crippen LogP contribution in [0.15, 0.2) is 12.7 Å². The van der Waals surface area contributed by atoms with Crippen molar-refractivity contribution in [2.75, 3.05) is 6.54 Å². The Morgan fingerprint density at radius 2 is 2.23 bits per heavy atom. The summed E-state index contributed by atoms with van der Waals surface area (Å²) in [6.45, 7) is 9.71. The first-order valence-corrected chi connectivity index (χ1v) is 5.37. The molecule has 0 aromatic carbocycles. The Kier molecular flexibility index (Phi) is 2.43. The van der Waals surface area contributed by atoms with Gasteiger partial charge in [-0.2, -0.15) is 0 Å². The highest BCUT2D eigenvalue weighted by molar-refractivity contribution is 5.07. The highest BCUT2D eigenvalue weighted by Gasteiger charge is 2.40. The summed E-state index contributed by atoms with van der Waals surface area (Å²) in [6.07, 6.45) is 4.80. The van der Waals surface area contributed by atoms with Gasteiger partial charge in [0.2, 0.25) is 0 Å². The topological polar surface area (TPSA) is 15.3 Å². The zero-order chi connectivity index (χ0) is 9.42. The summed E-state index contributed by atoms with van der Waals surface area (Å²) in [6, 6.07) is 2.61. The van der Waals surface area contributed by atoms with Crippen LogP contribution in [0.2, 0.25) is 0 Å². The minimum atomic E-state index is 0.562. The molecule has 3 rings (SSSR count). The highest BCUT2D eigenvalue weighted by Crippen LogP contribution is 2.29. The molecule has 0 spiro atoms. The van der Waals surface area contributed by atoms with E-state index in [0.717, 1.165) is 6.04 Å². The quantitative estimate of drug-likeness (QED) is 0.646. The van der Waals surface area contributed by atoms with Crippen LogP contribution >= 0.6 is 0 Å². The average Bonchev–Trinajstić information content (AvgIpc) is 2.17. The second kappa shape index (κ2) is 3.43. The van der Waals surface area contributed by atoms with Crippen molar-refractivity contribution < 1.29 is 0 Å². The van der Waals surface area contributed by atoms with E-state index in [9.17, 15) is 0 Å². The Balaban J connectivity index is 2.18. The molecule has 0 aliphatic carbocycles. The Morgan fingerprint density at radius 3 is 2.62 bits per heavy atom. The zero-order valence-corrected chi connectivity index (χ0v) is 8.66. The van der Waals surface area contributed by atoms with Gasteiger partial charge in [-0.15, -0.1) is 6.58 Å². The molecular weight excluding hydrogens is 160 g/mol. The van der Waals surface area contributed by atoms with Gasteiger partial charge in [0, 0.05) is 30.7 Å². The van der Waals surface area contributed by atoms with Gasteiger partial charge in [0.05, 0.1) is 0 Å². The third-order valence-electron chi connectivity index (χ3n) is 3.44. The Labute approximate surface area is 81.0 Å². The van der Waals surface area contributed by atoms with Crippen molar-refractivity contribution in [2.24, 2.45) is 0 Å². The smallest absolute Gasteiger partial charge is 0.0435 e. The first kappa shape index (κ1) is 9.22.